The normalized spacial score (nSPS) is 12.4. The number of anilines is 2. The topological polar surface area (TPSA) is 84.4 Å². The zero-order chi connectivity index (χ0) is 14.0. The number of carbonyl (C=O) groups excluding carboxylic acids is 1. The summed E-state index contributed by atoms with van der Waals surface area (Å²) < 4.78 is 5.51. The van der Waals surface area contributed by atoms with Gasteiger partial charge in [-0.3, -0.25) is 4.79 Å². The van der Waals surface area contributed by atoms with Gasteiger partial charge in [0.15, 0.2) is 5.58 Å². The molecule has 0 spiro atoms. The van der Waals surface area contributed by atoms with Crippen molar-refractivity contribution in [2.24, 2.45) is 0 Å². The molecule has 0 aliphatic rings. The van der Waals surface area contributed by atoms with Gasteiger partial charge < -0.3 is 20.4 Å². The number of carbonyl (C=O) groups is 1. The summed E-state index contributed by atoms with van der Waals surface area (Å²) in [7, 11) is 1.75. The molecule has 0 aliphatic heterocycles. The Labute approximate surface area is 111 Å². The van der Waals surface area contributed by atoms with E-state index in [1.54, 1.807) is 37.1 Å². The molecule has 3 N–H and O–H groups in total. The summed E-state index contributed by atoms with van der Waals surface area (Å²) in [6, 6.07) is 5.24. The molecule has 1 aromatic heterocycles. The van der Waals surface area contributed by atoms with Crippen LogP contribution in [0.4, 0.5) is 11.7 Å². The largest absolute Gasteiger partial charge is 0.423 e. The van der Waals surface area contributed by atoms with E-state index >= 15 is 0 Å². The van der Waals surface area contributed by atoms with Gasteiger partial charge in [-0.05, 0) is 26.0 Å². The van der Waals surface area contributed by atoms with Gasteiger partial charge in [-0.25, -0.2) is 0 Å². The molecule has 6 nitrogen and oxygen atoms in total. The van der Waals surface area contributed by atoms with Crippen LogP contribution in [-0.4, -0.2) is 35.4 Å². The third-order valence-corrected chi connectivity index (χ3v) is 3.01. The van der Waals surface area contributed by atoms with Crippen molar-refractivity contribution in [3.05, 3.63) is 18.2 Å². The minimum Gasteiger partial charge on any atom is -0.423 e. The van der Waals surface area contributed by atoms with Gasteiger partial charge in [0.1, 0.15) is 11.6 Å². The van der Waals surface area contributed by atoms with Crippen LogP contribution in [0.5, 0.6) is 0 Å². The van der Waals surface area contributed by atoms with Crippen LogP contribution in [-0.2, 0) is 4.79 Å². The smallest absolute Gasteiger partial charge is 0.296 e. The number of aromatic nitrogens is 1. The van der Waals surface area contributed by atoms with Crippen molar-refractivity contribution < 1.29 is 9.21 Å². The van der Waals surface area contributed by atoms with Gasteiger partial charge in [0, 0.05) is 13.6 Å². The Bertz CT molecular complexity index is 593. The first-order valence-corrected chi connectivity index (χ1v) is 6.19. The van der Waals surface area contributed by atoms with Crippen LogP contribution in [0, 0.1) is 0 Å². The van der Waals surface area contributed by atoms with E-state index in [4.69, 9.17) is 10.2 Å². The molecule has 1 amide bonds. The molecular formula is C13H18N4O2. The molecule has 0 radical (unpaired) electrons. The lowest BCUT2D eigenvalue weighted by atomic mass is 10.3. The monoisotopic (exact) mass is 262 g/mol. The number of hydrogen-bond donors (Lipinski definition) is 2. The Kier molecular flexibility index (Phi) is 3.59. The summed E-state index contributed by atoms with van der Waals surface area (Å²) in [6.45, 7) is 4.35. The molecule has 19 heavy (non-hydrogen) atoms. The summed E-state index contributed by atoms with van der Waals surface area (Å²) in [4.78, 5) is 17.8. The van der Waals surface area contributed by atoms with Gasteiger partial charge in [0.25, 0.3) is 6.01 Å². The predicted octanol–water partition coefficient (Wildman–Crippen LogP) is 1.69. The van der Waals surface area contributed by atoms with Crippen LogP contribution < -0.4 is 11.1 Å². The van der Waals surface area contributed by atoms with E-state index in [0.29, 0.717) is 29.3 Å². The lowest BCUT2D eigenvalue weighted by molar-refractivity contribution is -0.130. The van der Waals surface area contributed by atoms with Gasteiger partial charge in [0.05, 0.1) is 5.69 Å². The number of rotatable bonds is 4. The number of nitrogens with two attached hydrogens (primary N) is 1. The zero-order valence-electron chi connectivity index (χ0n) is 11.3. The van der Waals surface area contributed by atoms with Gasteiger partial charge in [-0.2, -0.15) is 4.98 Å². The van der Waals surface area contributed by atoms with Gasteiger partial charge in [0.2, 0.25) is 5.91 Å². The highest BCUT2D eigenvalue weighted by Crippen LogP contribution is 2.23. The van der Waals surface area contributed by atoms with Crippen LogP contribution in [0.25, 0.3) is 11.1 Å². The molecule has 0 saturated carbocycles. The number of oxazole rings is 1. The zero-order valence-corrected chi connectivity index (χ0v) is 11.3. The van der Waals surface area contributed by atoms with Crippen molar-refractivity contribution in [3.8, 4) is 0 Å². The number of amides is 1. The molecule has 6 heteroatoms. The average molecular weight is 262 g/mol. The maximum atomic E-state index is 11.9. The van der Waals surface area contributed by atoms with Gasteiger partial charge in [-0.15, -0.1) is 0 Å². The first kappa shape index (κ1) is 13.2. The van der Waals surface area contributed by atoms with Gasteiger partial charge >= 0.3 is 0 Å². The second-order valence-corrected chi connectivity index (χ2v) is 4.43. The number of nitrogens with zero attached hydrogens (tertiary/aromatic N) is 2. The Morgan fingerprint density at radius 1 is 1.58 bits per heavy atom. The summed E-state index contributed by atoms with van der Waals surface area (Å²) in [5.74, 6) is -0.0160. The molecule has 0 fully saturated rings. The van der Waals surface area contributed by atoms with Crippen LogP contribution in [0.2, 0.25) is 0 Å². The second kappa shape index (κ2) is 5.17. The molecule has 102 valence electrons. The minimum atomic E-state index is -0.403. The Morgan fingerprint density at radius 2 is 2.32 bits per heavy atom. The molecule has 1 heterocycles. The number of nitrogen functional groups attached to an aromatic ring is 1. The molecule has 1 aromatic carbocycles. The fourth-order valence-electron chi connectivity index (χ4n) is 1.76. The van der Waals surface area contributed by atoms with Crippen molar-refractivity contribution in [2.75, 3.05) is 24.6 Å². The van der Waals surface area contributed by atoms with Crippen molar-refractivity contribution in [1.82, 2.24) is 9.88 Å². The number of para-hydroxylation sites is 1. The standard InChI is InChI=1S/C13H18N4O2/c1-4-17(3)12(18)8(2)15-13-16-11-9(14)6-5-7-10(11)19-13/h5-8H,4,14H2,1-3H3,(H,15,16). The number of hydrogen-bond acceptors (Lipinski definition) is 5. The van der Waals surface area contributed by atoms with Crippen LogP contribution in [0.15, 0.2) is 22.6 Å². The first-order chi connectivity index (χ1) is 9.02. The van der Waals surface area contributed by atoms with Crippen molar-refractivity contribution in [1.29, 1.82) is 0 Å². The number of likely N-dealkylation sites (N-methyl/N-ethyl adjacent to an activating group) is 1. The van der Waals surface area contributed by atoms with E-state index in [1.165, 1.54) is 0 Å². The maximum absolute atomic E-state index is 11.9. The summed E-state index contributed by atoms with van der Waals surface area (Å²) in [6.07, 6.45) is 0. The Hall–Kier alpha value is -2.24. The van der Waals surface area contributed by atoms with E-state index in [0.717, 1.165) is 0 Å². The SMILES string of the molecule is CCN(C)C(=O)C(C)Nc1nc2c(N)cccc2o1. The summed E-state index contributed by atoms with van der Waals surface area (Å²) in [5, 5.41) is 2.95. The predicted molar refractivity (Wildman–Crippen MR) is 74.8 cm³/mol. The molecule has 0 bridgehead atoms. The highest BCUT2D eigenvalue weighted by atomic mass is 16.4. The van der Waals surface area contributed by atoms with Crippen molar-refractivity contribution in [2.45, 2.75) is 19.9 Å². The lowest BCUT2D eigenvalue weighted by Gasteiger charge is -2.19. The highest BCUT2D eigenvalue weighted by Gasteiger charge is 2.18. The number of fused-ring (bicyclic) bond motifs is 1. The molecule has 0 saturated heterocycles. The minimum absolute atomic E-state index is 0.0160. The van der Waals surface area contributed by atoms with Crippen LogP contribution >= 0.6 is 0 Å². The van der Waals surface area contributed by atoms with E-state index in [9.17, 15) is 4.79 Å². The first-order valence-electron chi connectivity index (χ1n) is 6.19. The fraction of sp³-hybridized carbons (Fsp3) is 0.385. The highest BCUT2D eigenvalue weighted by molar-refractivity contribution is 5.87. The quantitative estimate of drug-likeness (QED) is 0.819. The molecule has 1 atom stereocenters. The second-order valence-electron chi connectivity index (χ2n) is 4.43. The van der Waals surface area contributed by atoms with Crippen LogP contribution in [0.1, 0.15) is 13.8 Å². The number of benzene rings is 1. The van der Waals surface area contributed by atoms with E-state index in [2.05, 4.69) is 10.3 Å². The number of nitrogens with one attached hydrogen (secondary N) is 1. The maximum Gasteiger partial charge on any atom is 0.296 e. The van der Waals surface area contributed by atoms with Crippen LogP contribution in [0.3, 0.4) is 0 Å². The Balaban J connectivity index is 2.17. The molecule has 1 unspecified atom stereocenters. The molecule has 2 rings (SSSR count). The lowest BCUT2D eigenvalue weighted by Crippen LogP contribution is -2.38. The molecule has 2 aromatic rings. The molecule has 0 aliphatic carbocycles. The molecular weight excluding hydrogens is 244 g/mol. The van der Waals surface area contributed by atoms with E-state index in [-0.39, 0.29) is 5.91 Å². The van der Waals surface area contributed by atoms with E-state index < -0.39 is 6.04 Å². The third kappa shape index (κ3) is 2.62. The summed E-state index contributed by atoms with van der Waals surface area (Å²) >= 11 is 0. The third-order valence-electron chi connectivity index (χ3n) is 3.01. The van der Waals surface area contributed by atoms with Crippen molar-refractivity contribution >= 4 is 28.7 Å². The van der Waals surface area contributed by atoms with E-state index in [1.807, 2.05) is 6.92 Å². The Morgan fingerprint density at radius 3 is 2.95 bits per heavy atom. The van der Waals surface area contributed by atoms with Crippen molar-refractivity contribution in [3.63, 3.8) is 0 Å². The summed E-state index contributed by atoms with van der Waals surface area (Å²) in [5.41, 5.74) is 7.57. The average Bonchev–Trinajstić information content (AvgIpc) is 2.80. The fourth-order valence-corrected chi connectivity index (χ4v) is 1.76. The van der Waals surface area contributed by atoms with Gasteiger partial charge in [-0.1, -0.05) is 6.07 Å².